The topological polar surface area (TPSA) is 87.7 Å². The summed E-state index contributed by atoms with van der Waals surface area (Å²) in [7, 11) is 0. The summed E-state index contributed by atoms with van der Waals surface area (Å²) in [6.45, 7) is 0. The Hall–Kier alpha value is -1.69. The number of para-hydroxylation sites is 1. The van der Waals surface area contributed by atoms with E-state index in [1.54, 1.807) is 36.0 Å². The summed E-state index contributed by atoms with van der Waals surface area (Å²) in [5.41, 5.74) is 6.67. The van der Waals surface area contributed by atoms with Gasteiger partial charge in [-0.1, -0.05) is 17.3 Å². The number of carbonyl (C=O) groups is 1. The van der Waals surface area contributed by atoms with Gasteiger partial charge in [0.2, 0.25) is 5.91 Å². The number of carbonyl (C=O) groups excluding carboxylic acids is 1. The van der Waals surface area contributed by atoms with Gasteiger partial charge in [0.1, 0.15) is 0 Å². The number of hydrogen-bond acceptors (Lipinski definition) is 4. The van der Waals surface area contributed by atoms with E-state index in [9.17, 15) is 4.79 Å². The smallest absolute Gasteiger partial charge is 0.228 e. The highest BCUT2D eigenvalue weighted by Gasteiger charge is 2.23. The Morgan fingerprint density at radius 3 is 2.94 bits per heavy atom. The molecule has 0 spiro atoms. The Bertz CT molecular complexity index is 470. The fraction of sp³-hybridized carbons (Fsp3) is 0.333. The second-order valence-electron chi connectivity index (χ2n) is 4.08. The quantitative estimate of drug-likeness (QED) is 0.334. The third kappa shape index (κ3) is 2.76. The maximum Gasteiger partial charge on any atom is 0.228 e. The van der Waals surface area contributed by atoms with Gasteiger partial charge in [-0.25, -0.2) is 0 Å². The summed E-state index contributed by atoms with van der Waals surface area (Å²) in [6.07, 6.45) is 0.905. The van der Waals surface area contributed by atoms with Gasteiger partial charge in [0.15, 0.2) is 5.84 Å². The van der Waals surface area contributed by atoms with Gasteiger partial charge in [-0.2, -0.15) is 11.8 Å². The average molecular weight is 265 g/mol. The van der Waals surface area contributed by atoms with Crippen LogP contribution >= 0.6 is 11.8 Å². The van der Waals surface area contributed by atoms with Gasteiger partial charge >= 0.3 is 0 Å². The lowest BCUT2D eigenvalue weighted by molar-refractivity contribution is -0.119. The molecule has 18 heavy (non-hydrogen) atoms. The van der Waals surface area contributed by atoms with E-state index in [1.165, 1.54) is 0 Å². The minimum Gasteiger partial charge on any atom is -0.409 e. The van der Waals surface area contributed by atoms with E-state index in [0.717, 1.165) is 17.9 Å². The zero-order valence-corrected chi connectivity index (χ0v) is 10.6. The Labute approximate surface area is 109 Å². The maximum absolute atomic E-state index is 12.0. The lowest BCUT2D eigenvalue weighted by Crippen LogP contribution is -2.24. The summed E-state index contributed by atoms with van der Waals surface area (Å²) >= 11 is 1.79. The standard InChI is InChI=1S/C12H15N3O2S/c13-11(15-17)9-3-1-2-4-10(9)14-12(16)8-5-6-18-7-8/h1-4,8,17H,5-7H2,(H2,13,15)(H,14,16). The Kier molecular flexibility index (Phi) is 4.09. The van der Waals surface area contributed by atoms with E-state index in [1.807, 2.05) is 0 Å². The highest BCUT2D eigenvalue weighted by atomic mass is 32.2. The largest absolute Gasteiger partial charge is 0.409 e. The van der Waals surface area contributed by atoms with Crippen molar-refractivity contribution in [2.24, 2.45) is 16.8 Å². The number of hydrogen-bond donors (Lipinski definition) is 3. The molecule has 1 amide bonds. The number of nitrogens with two attached hydrogens (primary N) is 1. The number of rotatable bonds is 3. The molecule has 6 heteroatoms. The van der Waals surface area contributed by atoms with Crippen LogP contribution in [-0.4, -0.2) is 28.5 Å². The van der Waals surface area contributed by atoms with E-state index in [2.05, 4.69) is 10.5 Å². The van der Waals surface area contributed by atoms with Crippen molar-refractivity contribution in [2.45, 2.75) is 6.42 Å². The summed E-state index contributed by atoms with van der Waals surface area (Å²) in [4.78, 5) is 12.0. The van der Waals surface area contributed by atoms with Crippen molar-refractivity contribution in [3.8, 4) is 0 Å². The minimum absolute atomic E-state index is 0.00168. The second kappa shape index (κ2) is 5.77. The molecule has 1 aliphatic rings. The predicted molar refractivity (Wildman–Crippen MR) is 73.0 cm³/mol. The Morgan fingerprint density at radius 2 is 2.28 bits per heavy atom. The highest BCUT2D eigenvalue weighted by molar-refractivity contribution is 7.99. The van der Waals surface area contributed by atoms with Crippen LogP contribution in [0.5, 0.6) is 0 Å². The Balaban J connectivity index is 2.15. The molecule has 0 bridgehead atoms. The molecule has 96 valence electrons. The minimum atomic E-state index is -0.00769. The maximum atomic E-state index is 12.0. The normalized spacial score (nSPS) is 19.8. The van der Waals surface area contributed by atoms with Crippen LogP contribution in [0.3, 0.4) is 0 Å². The van der Waals surface area contributed by atoms with Crippen LogP contribution in [0.25, 0.3) is 0 Å². The van der Waals surface area contributed by atoms with E-state index < -0.39 is 0 Å². The van der Waals surface area contributed by atoms with Crippen molar-refractivity contribution in [3.05, 3.63) is 29.8 Å². The number of benzene rings is 1. The van der Waals surface area contributed by atoms with Gasteiger partial charge in [-0.15, -0.1) is 0 Å². The van der Waals surface area contributed by atoms with Crippen LogP contribution in [0.4, 0.5) is 5.69 Å². The second-order valence-corrected chi connectivity index (χ2v) is 5.23. The number of nitrogens with zero attached hydrogens (tertiary/aromatic N) is 1. The molecular weight excluding hydrogens is 250 g/mol. The van der Waals surface area contributed by atoms with Crippen LogP contribution in [0.15, 0.2) is 29.4 Å². The van der Waals surface area contributed by atoms with Crippen LogP contribution in [0, 0.1) is 5.92 Å². The molecule has 2 rings (SSSR count). The first-order valence-corrected chi connectivity index (χ1v) is 6.83. The molecular formula is C12H15N3O2S. The van der Waals surface area contributed by atoms with Gasteiger partial charge in [0.05, 0.1) is 5.69 Å². The molecule has 1 aliphatic heterocycles. The third-order valence-corrected chi connectivity index (χ3v) is 4.03. The van der Waals surface area contributed by atoms with Crippen molar-refractivity contribution in [2.75, 3.05) is 16.8 Å². The van der Waals surface area contributed by atoms with Crippen LogP contribution < -0.4 is 11.1 Å². The summed E-state index contributed by atoms with van der Waals surface area (Å²) in [6, 6.07) is 7.02. The lowest BCUT2D eigenvalue weighted by atomic mass is 10.1. The number of thioether (sulfide) groups is 1. The fourth-order valence-electron chi connectivity index (χ4n) is 1.85. The number of anilines is 1. The van der Waals surface area contributed by atoms with Crippen LogP contribution in [0.1, 0.15) is 12.0 Å². The molecule has 0 saturated carbocycles. The van der Waals surface area contributed by atoms with Gasteiger partial charge < -0.3 is 16.3 Å². The number of nitrogens with one attached hydrogen (secondary N) is 1. The highest BCUT2D eigenvalue weighted by Crippen LogP contribution is 2.25. The molecule has 0 aromatic heterocycles. The van der Waals surface area contributed by atoms with Gasteiger partial charge in [0, 0.05) is 17.2 Å². The molecule has 1 aromatic rings. The first kappa shape index (κ1) is 12.8. The molecule has 1 fully saturated rings. The molecule has 1 atom stereocenters. The van der Waals surface area contributed by atoms with Crippen LogP contribution in [0.2, 0.25) is 0 Å². The molecule has 1 aromatic carbocycles. The monoisotopic (exact) mass is 265 g/mol. The zero-order chi connectivity index (χ0) is 13.0. The summed E-state index contributed by atoms with van der Waals surface area (Å²) < 4.78 is 0. The van der Waals surface area contributed by atoms with Gasteiger partial charge in [0.25, 0.3) is 0 Å². The first-order valence-electron chi connectivity index (χ1n) is 5.68. The molecule has 1 heterocycles. The van der Waals surface area contributed by atoms with Crippen molar-refractivity contribution >= 4 is 29.2 Å². The number of amidine groups is 1. The van der Waals surface area contributed by atoms with Gasteiger partial charge in [-0.05, 0) is 24.3 Å². The number of oxime groups is 1. The summed E-state index contributed by atoms with van der Waals surface area (Å²) in [5, 5.41) is 14.5. The molecule has 0 aliphatic carbocycles. The van der Waals surface area contributed by atoms with E-state index in [-0.39, 0.29) is 17.7 Å². The molecule has 1 saturated heterocycles. The predicted octanol–water partition coefficient (Wildman–Crippen LogP) is 1.47. The number of amides is 1. The first-order chi connectivity index (χ1) is 8.72. The fourth-order valence-corrected chi connectivity index (χ4v) is 3.07. The van der Waals surface area contributed by atoms with E-state index >= 15 is 0 Å². The van der Waals surface area contributed by atoms with Crippen LogP contribution in [-0.2, 0) is 4.79 Å². The van der Waals surface area contributed by atoms with Crippen molar-refractivity contribution < 1.29 is 10.0 Å². The zero-order valence-electron chi connectivity index (χ0n) is 9.80. The van der Waals surface area contributed by atoms with Crippen molar-refractivity contribution in [1.29, 1.82) is 0 Å². The van der Waals surface area contributed by atoms with E-state index in [4.69, 9.17) is 10.9 Å². The van der Waals surface area contributed by atoms with Crippen molar-refractivity contribution in [3.63, 3.8) is 0 Å². The van der Waals surface area contributed by atoms with E-state index in [0.29, 0.717) is 11.3 Å². The SMILES string of the molecule is NC(=NO)c1ccccc1NC(=O)C1CCSC1. The van der Waals surface area contributed by atoms with Crippen molar-refractivity contribution in [1.82, 2.24) is 0 Å². The third-order valence-electron chi connectivity index (χ3n) is 2.87. The molecule has 4 N–H and O–H groups in total. The van der Waals surface area contributed by atoms with Gasteiger partial charge in [-0.3, -0.25) is 4.79 Å². The molecule has 1 unspecified atom stereocenters. The molecule has 5 nitrogen and oxygen atoms in total. The lowest BCUT2D eigenvalue weighted by Gasteiger charge is -2.12. The average Bonchev–Trinajstić information content (AvgIpc) is 2.92. The summed E-state index contributed by atoms with van der Waals surface area (Å²) in [5.74, 6) is 1.93. The molecule has 0 radical (unpaired) electrons. The Morgan fingerprint density at radius 1 is 1.50 bits per heavy atom.